The molecule has 110 valence electrons. The van der Waals surface area contributed by atoms with Crippen LogP contribution in [0.4, 0.5) is 0 Å². The molecule has 1 saturated heterocycles. The Labute approximate surface area is 122 Å². The van der Waals surface area contributed by atoms with Crippen molar-refractivity contribution < 1.29 is 13.7 Å². The van der Waals surface area contributed by atoms with Crippen LogP contribution in [0.3, 0.4) is 0 Å². The predicted molar refractivity (Wildman–Crippen MR) is 79.9 cm³/mol. The summed E-state index contributed by atoms with van der Waals surface area (Å²) in [7, 11) is -0.962. The number of benzene rings is 1. The van der Waals surface area contributed by atoms with Crippen molar-refractivity contribution in [2.24, 2.45) is 0 Å². The van der Waals surface area contributed by atoms with Crippen molar-refractivity contribution in [3.63, 3.8) is 0 Å². The number of nitrogens with one attached hydrogen (secondary N) is 1. The molecule has 3 atom stereocenters. The van der Waals surface area contributed by atoms with E-state index in [1.807, 2.05) is 30.3 Å². The van der Waals surface area contributed by atoms with Gasteiger partial charge in [0, 0.05) is 29.4 Å². The number of amides is 1. The fraction of sp³-hybridized carbons (Fsp3) is 0.533. The number of carbonyl (C=O) groups excluding carboxylic acids is 1. The molecule has 0 spiro atoms. The molecule has 1 aliphatic heterocycles. The zero-order valence-electron chi connectivity index (χ0n) is 11.7. The first-order valence-corrected chi connectivity index (χ1v) is 8.64. The summed E-state index contributed by atoms with van der Waals surface area (Å²) >= 11 is 0. The van der Waals surface area contributed by atoms with E-state index in [0.717, 1.165) is 25.0 Å². The van der Waals surface area contributed by atoms with Crippen LogP contribution < -0.4 is 5.32 Å². The average molecular weight is 295 g/mol. The topological polar surface area (TPSA) is 55.4 Å². The molecule has 1 aromatic rings. The second-order valence-corrected chi connectivity index (χ2v) is 6.59. The Morgan fingerprint density at radius 3 is 2.80 bits per heavy atom. The van der Waals surface area contributed by atoms with Gasteiger partial charge in [0.15, 0.2) is 0 Å². The maximum absolute atomic E-state index is 12.1. The summed E-state index contributed by atoms with van der Waals surface area (Å²) in [5, 5.41) is 2.98. The number of hydrogen-bond acceptors (Lipinski definition) is 3. The fourth-order valence-corrected chi connectivity index (χ4v) is 3.15. The van der Waals surface area contributed by atoms with Crippen LogP contribution in [0, 0.1) is 0 Å². The van der Waals surface area contributed by atoms with Gasteiger partial charge in [0.05, 0.1) is 18.6 Å². The van der Waals surface area contributed by atoms with Gasteiger partial charge in [-0.05, 0) is 18.4 Å². The molecular weight excluding hydrogens is 274 g/mol. The molecule has 5 heteroatoms. The Kier molecular flexibility index (Phi) is 5.73. The van der Waals surface area contributed by atoms with Gasteiger partial charge in [0.1, 0.15) is 0 Å². The molecule has 1 aromatic carbocycles. The molecule has 4 nitrogen and oxygen atoms in total. The van der Waals surface area contributed by atoms with E-state index in [9.17, 15) is 9.00 Å². The van der Waals surface area contributed by atoms with Crippen molar-refractivity contribution in [2.75, 3.05) is 18.6 Å². The van der Waals surface area contributed by atoms with Crippen LogP contribution >= 0.6 is 0 Å². The van der Waals surface area contributed by atoms with Gasteiger partial charge in [0.25, 0.3) is 0 Å². The fourth-order valence-electron chi connectivity index (χ4n) is 2.41. The van der Waals surface area contributed by atoms with Gasteiger partial charge in [0.2, 0.25) is 5.91 Å². The van der Waals surface area contributed by atoms with E-state index >= 15 is 0 Å². The molecule has 0 unspecified atom stereocenters. The van der Waals surface area contributed by atoms with Crippen LogP contribution in [0.1, 0.15) is 30.9 Å². The normalized spacial score (nSPS) is 21.4. The Bertz CT molecular complexity index is 457. The summed E-state index contributed by atoms with van der Waals surface area (Å²) < 4.78 is 17.0. The highest BCUT2D eigenvalue weighted by molar-refractivity contribution is 7.84. The lowest BCUT2D eigenvalue weighted by Gasteiger charge is -2.19. The van der Waals surface area contributed by atoms with Gasteiger partial charge >= 0.3 is 0 Å². The summed E-state index contributed by atoms with van der Waals surface area (Å²) in [5.74, 6) is 0.401. The van der Waals surface area contributed by atoms with Crippen molar-refractivity contribution in [1.82, 2.24) is 5.32 Å². The molecule has 1 aliphatic rings. The average Bonchev–Trinajstić information content (AvgIpc) is 2.91. The molecule has 0 radical (unpaired) electrons. The predicted octanol–water partition coefficient (Wildman–Crippen LogP) is 1.79. The van der Waals surface area contributed by atoms with Crippen molar-refractivity contribution in [3.05, 3.63) is 35.9 Å². The zero-order valence-corrected chi connectivity index (χ0v) is 12.5. The van der Waals surface area contributed by atoms with Crippen LogP contribution in [0.15, 0.2) is 30.3 Å². The third kappa shape index (κ3) is 4.72. The second kappa shape index (κ2) is 7.55. The van der Waals surface area contributed by atoms with Crippen LogP contribution in [-0.2, 0) is 20.3 Å². The molecule has 0 aliphatic carbocycles. The maximum Gasteiger partial charge on any atom is 0.223 e. The molecule has 0 aromatic heterocycles. The Morgan fingerprint density at radius 1 is 1.45 bits per heavy atom. The highest BCUT2D eigenvalue weighted by Crippen LogP contribution is 2.17. The van der Waals surface area contributed by atoms with E-state index in [4.69, 9.17) is 4.74 Å². The van der Waals surface area contributed by atoms with Gasteiger partial charge < -0.3 is 10.1 Å². The summed E-state index contributed by atoms with van der Waals surface area (Å²) in [4.78, 5) is 12.1. The van der Waals surface area contributed by atoms with E-state index in [1.165, 1.54) is 0 Å². The number of carbonyl (C=O) groups is 1. The van der Waals surface area contributed by atoms with E-state index in [1.54, 1.807) is 6.26 Å². The minimum atomic E-state index is -0.962. The van der Waals surface area contributed by atoms with Gasteiger partial charge in [-0.1, -0.05) is 30.3 Å². The zero-order chi connectivity index (χ0) is 14.4. The molecule has 2 rings (SSSR count). The molecule has 1 amide bonds. The first kappa shape index (κ1) is 15.2. The van der Waals surface area contributed by atoms with Crippen molar-refractivity contribution >= 4 is 16.7 Å². The first-order chi connectivity index (χ1) is 9.65. The lowest BCUT2D eigenvalue weighted by atomic mass is 10.1. The van der Waals surface area contributed by atoms with E-state index in [0.29, 0.717) is 12.2 Å². The van der Waals surface area contributed by atoms with Crippen LogP contribution in [0.25, 0.3) is 0 Å². The summed E-state index contributed by atoms with van der Waals surface area (Å²) in [6, 6.07) is 9.47. The van der Waals surface area contributed by atoms with Gasteiger partial charge in [-0.3, -0.25) is 9.00 Å². The smallest absolute Gasteiger partial charge is 0.223 e. The van der Waals surface area contributed by atoms with Gasteiger partial charge in [-0.15, -0.1) is 0 Å². The van der Waals surface area contributed by atoms with Crippen LogP contribution in [0.5, 0.6) is 0 Å². The van der Waals surface area contributed by atoms with Crippen LogP contribution in [-0.4, -0.2) is 34.8 Å². The molecule has 0 bridgehead atoms. The Balaban J connectivity index is 1.96. The molecule has 1 heterocycles. The number of rotatable bonds is 6. The lowest BCUT2D eigenvalue weighted by molar-refractivity contribution is -0.123. The second-order valence-electron chi connectivity index (χ2n) is 5.11. The number of hydrogen-bond donors (Lipinski definition) is 1. The van der Waals surface area contributed by atoms with E-state index < -0.39 is 10.8 Å². The van der Waals surface area contributed by atoms with Crippen molar-refractivity contribution in [1.29, 1.82) is 0 Å². The molecule has 1 fully saturated rings. The highest BCUT2D eigenvalue weighted by Gasteiger charge is 2.22. The monoisotopic (exact) mass is 295 g/mol. The molecular formula is C15H21NO3S. The third-order valence-corrected chi connectivity index (χ3v) is 4.18. The molecule has 0 saturated carbocycles. The Hall–Kier alpha value is -1.20. The lowest BCUT2D eigenvalue weighted by Crippen LogP contribution is -2.33. The molecule has 1 N–H and O–H groups in total. The van der Waals surface area contributed by atoms with Crippen LogP contribution in [0.2, 0.25) is 0 Å². The largest absolute Gasteiger partial charge is 0.378 e. The Morgan fingerprint density at radius 2 is 2.20 bits per heavy atom. The summed E-state index contributed by atoms with van der Waals surface area (Å²) in [6.07, 6.45) is 4.06. The van der Waals surface area contributed by atoms with E-state index in [2.05, 4.69) is 5.32 Å². The third-order valence-electron chi connectivity index (χ3n) is 3.38. The minimum Gasteiger partial charge on any atom is -0.378 e. The van der Waals surface area contributed by atoms with Gasteiger partial charge in [-0.25, -0.2) is 0 Å². The molecule has 20 heavy (non-hydrogen) atoms. The number of ether oxygens (including phenoxy) is 1. The SMILES string of the molecule is C[S@@](=O)C[C@@H](NC(=O)C[C@@H]1CCCO1)c1ccccc1. The first-order valence-electron chi connectivity index (χ1n) is 6.91. The van der Waals surface area contributed by atoms with Crippen molar-refractivity contribution in [3.8, 4) is 0 Å². The van der Waals surface area contributed by atoms with Crippen molar-refractivity contribution in [2.45, 2.75) is 31.4 Å². The summed E-state index contributed by atoms with van der Waals surface area (Å²) in [5.41, 5.74) is 0.989. The minimum absolute atomic E-state index is 0.0313. The van der Waals surface area contributed by atoms with E-state index in [-0.39, 0.29) is 18.1 Å². The standard InChI is InChI=1S/C15H21NO3S/c1-20(18)11-14(12-6-3-2-4-7-12)16-15(17)10-13-8-5-9-19-13/h2-4,6-7,13-14H,5,8-11H2,1H3,(H,16,17)/t13-,14+,20+/m0/s1. The maximum atomic E-state index is 12.1. The summed E-state index contributed by atoms with van der Waals surface area (Å²) in [6.45, 7) is 0.749. The highest BCUT2D eigenvalue weighted by atomic mass is 32.2. The van der Waals surface area contributed by atoms with Gasteiger partial charge in [-0.2, -0.15) is 0 Å². The quantitative estimate of drug-likeness (QED) is 0.870.